The lowest BCUT2D eigenvalue weighted by molar-refractivity contribution is 0.500. The first-order valence-electron chi connectivity index (χ1n) is 4.73. The molecule has 1 N–H and O–H groups in total. The molecule has 96 valence electrons. The second-order valence-corrected chi connectivity index (χ2v) is 7.26. The van der Waals surface area contributed by atoms with Crippen molar-refractivity contribution in [2.75, 3.05) is 5.33 Å². The van der Waals surface area contributed by atoms with Gasteiger partial charge in [-0.1, -0.05) is 39.1 Å². The van der Waals surface area contributed by atoms with Gasteiger partial charge in [0.1, 0.15) is 0 Å². The maximum absolute atomic E-state index is 12.0. The fourth-order valence-corrected chi connectivity index (χ4v) is 3.22. The van der Waals surface area contributed by atoms with Crippen LogP contribution < -0.4 is 4.72 Å². The molecule has 0 radical (unpaired) electrons. The molecule has 0 fully saturated rings. The van der Waals surface area contributed by atoms with Crippen molar-refractivity contribution in [2.45, 2.75) is 24.3 Å². The minimum Gasteiger partial charge on any atom is -0.207 e. The molecule has 0 aliphatic heterocycles. The number of alkyl halides is 1. The van der Waals surface area contributed by atoms with Gasteiger partial charge in [-0.05, 0) is 32.0 Å². The molecular formula is C10H12BrCl2NO2S. The van der Waals surface area contributed by atoms with Crippen LogP contribution in [0, 0.1) is 0 Å². The molecule has 1 aromatic rings. The predicted octanol–water partition coefficient (Wildman–Crippen LogP) is 3.45. The standard InChI is InChI=1S/C10H12BrCl2NO2S/c1-10(2,6-11)14-17(15,16)7-3-4-8(12)9(13)5-7/h3-5,14H,6H2,1-2H3. The van der Waals surface area contributed by atoms with Crippen molar-refractivity contribution in [1.82, 2.24) is 4.72 Å². The zero-order valence-electron chi connectivity index (χ0n) is 9.30. The van der Waals surface area contributed by atoms with E-state index < -0.39 is 15.6 Å². The van der Waals surface area contributed by atoms with E-state index in [9.17, 15) is 8.42 Å². The van der Waals surface area contributed by atoms with E-state index in [1.54, 1.807) is 13.8 Å². The summed E-state index contributed by atoms with van der Waals surface area (Å²) in [5.41, 5.74) is -0.578. The minimum atomic E-state index is -3.59. The number of hydrogen-bond acceptors (Lipinski definition) is 2. The van der Waals surface area contributed by atoms with Crippen LogP contribution >= 0.6 is 39.1 Å². The molecule has 0 bridgehead atoms. The molecule has 3 nitrogen and oxygen atoms in total. The maximum atomic E-state index is 12.0. The van der Waals surface area contributed by atoms with Crippen LogP contribution in [0.2, 0.25) is 10.0 Å². The summed E-state index contributed by atoms with van der Waals surface area (Å²) >= 11 is 14.8. The Morgan fingerprint density at radius 3 is 2.35 bits per heavy atom. The summed E-state index contributed by atoms with van der Waals surface area (Å²) in [4.78, 5) is 0.0981. The molecule has 0 amide bonds. The van der Waals surface area contributed by atoms with Gasteiger partial charge < -0.3 is 0 Å². The number of nitrogens with one attached hydrogen (secondary N) is 1. The second kappa shape index (κ2) is 5.45. The van der Waals surface area contributed by atoms with Gasteiger partial charge in [0.25, 0.3) is 0 Å². The van der Waals surface area contributed by atoms with Crippen molar-refractivity contribution in [1.29, 1.82) is 0 Å². The number of halogens is 3. The first-order valence-corrected chi connectivity index (χ1v) is 8.09. The Bertz CT molecular complexity index is 517. The molecule has 0 saturated heterocycles. The van der Waals surface area contributed by atoms with E-state index in [4.69, 9.17) is 23.2 Å². The molecule has 0 aliphatic rings. The quantitative estimate of drug-likeness (QED) is 0.836. The van der Waals surface area contributed by atoms with Crippen LogP contribution in [0.4, 0.5) is 0 Å². The van der Waals surface area contributed by atoms with Crippen LogP contribution in [0.3, 0.4) is 0 Å². The largest absolute Gasteiger partial charge is 0.241 e. The highest BCUT2D eigenvalue weighted by Gasteiger charge is 2.25. The molecule has 17 heavy (non-hydrogen) atoms. The van der Waals surface area contributed by atoms with Crippen molar-refractivity contribution in [3.63, 3.8) is 0 Å². The Labute approximate surface area is 120 Å². The molecule has 0 aromatic heterocycles. The number of rotatable bonds is 4. The molecule has 1 rings (SSSR count). The number of hydrogen-bond donors (Lipinski definition) is 1. The molecule has 0 atom stereocenters. The first kappa shape index (κ1) is 15.2. The summed E-state index contributed by atoms with van der Waals surface area (Å²) in [6.45, 7) is 3.55. The van der Waals surface area contributed by atoms with E-state index in [2.05, 4.69) is 20.7 Å². The van der Waals surface area contributed by atoms with E-state index in [0.29, 0.717) is 10.4 Å². The van der Waals surface area contributed by atoms with Crippen molar-refractivity contribution in [3.05, 3.63) is 28.2 Å². The molecule has 0 spiro atoms. The molecule has 1 aromatic carbocycles. The van der Waals surface area contributed by atoms with E-state index >= 15 is 0 Å². The molecule has 0 saturated carbocycles. The second-order valence-electron chi connectivity index (χ2n) is 4.20. The molecule has 7 heteroatoms. The van der Waals surface area contributed by atoms with Gasteiger partial charge >= 0.3 is 0 Å². The molecular weight excluding hydrogens is 349 g/mol. The van der Waals surface area contributed by atoms with Gasteiger partial charge in [0, 0.05) is 10.9 Å². The van der Waals surface area contributed by atoms with Gasteiger partial charge in [0.05, 0.1) is 14.9 Å². The summed E-state index contributed by atoms with van der Waals surface area (Å²) in [5.74, 6) is 0. The highest BCUT2D eigenvalue weighted by Crippen LogP contribution is 2.25. The van der Waals surface area contributed by atoms with Crippen molar-refractivity contribution in [3.8, 4) is 0 Å². The third-order valence-corrected chi connectivity index (χ3v) is 5.78. The average molecular weight is 361 g/mol. The molecule has 0 heterocycles. The Hall–Kier alpha value is 0.190. The van der Waals surface area contributed by atoms with Gasteiger partial charge in [0.15, 0.2) is 0 Å². The fourth-order valence-electron chi connectivity index (χ4n) is 1.09. The normalized spacial score (nSPS) is 12.8. The Morgan fingerprint density at radius 1 is 1.29 bits per heavy atom. The van der Waals surface area contributed by atoms with E-state index in [1.165, 1.54) is 18.2 Å². The zero-order chi connectivity index (χ0) is 13.3. The Kier molecular flexibility index (Phi) is 4.88. The summed E-state index contributed by atoms with van der Waals surface area (Å²) in [7, 11) is -3.59. The van der Waals surface area contributed by atoms with E-state index in [0.717, 1.165) is 0 Å². The first-order chi connectivity index (χ1) is 7.68. The Morgan fingerprint density at radius 2 is 1.88 bits per heavy atom. The van der Waals surface area contributed by atoms with Crippen LogP contribution in [-0.2, 0) is 10.0 Å². The van der Waals surface area contributed by atoms with Crippen LogP contribution in [0.1, 0.15) is 13.8 Å². The van der Waals surface area contributed by atoms with Crippen molar-refractivity contribution in [2.24, 2.45) is 0 Å². The third-order valence-electron chi connectivity index (χ3n) is 1.95. The highest BCUT2D eigenvalue weighted by atomic mass is 79.9. The van der Waals surface area contributed by atoms with Crippen LogP contribution in [0.5, 0.6) is 0 Å². The predicted molar refractivity (Wildman–Crippen MR) is 74.7 cm³/mol. The SMILES string of the molecule is CC(C)(CBr)NS(=O)(=O)c1ccc(Cl)c(Cl)c1. The smallest absolute Gasteiger partial charge is 0.207 e. The van der Waals surface area contributed by atoms with Crippen LogP contribution in [0.25, 0.3) is 0 Å². The monoisotopic (exact) mass is 359 g/mol. The summed E-state index contributed by atoms with van der Waals surface area (Å²) in [6, 6.07) is 4.21. The van der Waals surface area contributed by atoms with Crippen LogP contribution in [-0.4, -0.2) is 19.3 Å². The highest BCUT2D eigenvalue weighted by molar-refractivity contribution is 9.09. The number of benzene rings is 1. The molecule has 0 aliphatic carbocycles. The summed E-state index contributed by atoms with van der Waals surface area (Å²) in [5, 5.41) is 1.04. The van der Waals surface area contributed by atoms with Crippen molar-refractivity contribution < 1.29 is 8.42 Å². The zero-order valence-corrected chi connectivity index (χ0v) is 13.2. The topological polar surface area (TPSA) is 46.2 Å². The van der Waals surface area contributed by atoms with Crippen molar-refractivity contribution >= 4 is 49.2 Å². The lowest BCUT2D eigenvalue weighted by atomic mass is 10.1. The van der Waals surface area contributed by atoms with E-state index in [1.807, 2.05) is 0 Å². The maximum Gasteiger partial charge on any atom is 0.241 e. The Balaban J connectivity index is 3.10. The van der Waals surface area contributed by atoms with E-state index in [-0.39, 0.29) is 9.92 Å². The molecule has 0 unspecified atom stereocenters. The van der Waals surface area contributed by atoms with Gasteiger partial charge in [-0.15, -0.1) is 0 Å². The summed E-state index contributed by atoms with van der Waals surface area (Å²) in [6.07, 6.45) is 0. The van der Waals surface area contributed by atoms with Gasteiger partial charge in [-0.2, -0.15) is 0 Å². The lowest BCUT2D eigenvalue weighted by Gasteiger charge is -2.23. The minimum absolute atomic E-state index is 0.0981. The fraction of sp³-hybridized carbons (Fsp3) is 0.400. The van der Waals surface area contributed by atoms with Crippen LogP contribution in [0.15, 0.2) is 23.1 Å². The van der Waals surface area contributed by atoms with Gasteiger partial charge in [-0.25, -0.2) is 13.1 Å². The van der Waals surface area contributed by atoms with Gasteiger partial charge in [0.2, 0.25) is 10.0 Å². The average Bonchev–Trinajstić information content (AvgIpc) is 2.20. The number of sulfonamides is 1. The summed E-state index contributed by atoms with van der Waals surface area (Å²) < 4.78 is 26.6. The lowest BCUT2D eigenvalue weighted by Crippen LogP contribution is -2.44. The third kappa shape index (κ3) is 4.10. The van der Waals surface area contributed by atoms with Gasteiger partial charge in [-0.3, -0.25) is 0 Å².